The van der Waals surface area contributed by atoms with Crippen molar-refractivity contribution < 1.29 is 9.59 Å². The highest BCUT2D eigenvalue weighted by atomic mass is 32.2. The highest BCUT2D eigenvalue weighted by Gasteiger charge is 2.13. The van der Waals surface area contributed by atoms with E-state index in [1.807, 2.05) is 30.3 Å². The molecule has 130 valence electrons. The molecule has 3 aromatic rings. The summed E-state index contributed by atoms with van der Waals surface area (Å²) in [6.45, 7) is 0. The van der Waals surface area contributed by atoms with E-state index in [2.05, 4.69) is 15.3 Å². The van der Waals surface area contributed by atoms with Crippen LogP contribution in [0.1, 0.15) is 10.4 Å². The lowest BCUT2D eigenvalue weighted by Crippen LogP contribution is -2.15. The number of primary amides is 1. The summed E-state index contributed by atoms with van der Waals surface area (Å²) in [4.78, 5) is 32.8. The van der Waals surface area contributed by atoms with Crippen LogP contribution in [0, 0.1) is 0 Å². The first-order valence-corrected chi connectivity index (χ1v) is 8.81. The average Bonchev–Trinajstić information content (AvgIpc) is 2.68. The zero-order valence-electron chi connectivity index (χ0n) is 13.8. The average molecular weight is 364 g/mol. The first-order chi connectivity index (χ1) is 12.6. The maximum atomic E-state index is 12.5. The standard InChI is InChI=1S/C19H16N4O2S/c20-17(24)12-26-16-9-5-4-8-15(16)19(25)23-14-10-21-18(22-11-14)13-6-2-1-3-7-13/h1-11H,12H2,(H2,20,24)(H,23,25). The minimum Gasteiger partial charge on any atom is -0.369 e. The predicted molar refractivity (Wildman–Crippen MR) is 102 cm³/mol. The number of amides is 2. The first kappa shape index (κ1) is 17.6. The Hall–Kier alpha value is -3.19. The van der Waals surface area contributed by atoms with Crippen LogP contribution in [0.5, 0.6) is 0 Å². The fraction of sp³-hybridized carbons (Fsp3) is 0.0526. The third kappa shape index (κ3) is 4.46. The smallest absolute Gasteiger partial charge is 0.256 e. The van der Waals surface area contributed by atoms with Crippen LogP contribution < -0.4 is 11.1 Å². The van der Waals surface area contributed by atoms with Crippen LogP contribution in [0.4, 0.5) is 5.69 Å². The van der Waals surface area contributed by atoms with Crippen molar-refractivity contribution in [1.82, 2.24) is 9.97 Å². The van der Waals surface area contributed by atoms with Gasteiger partial charge in [0.05, 0.1) is 29.4 Å². The number of aromatic nitrogens is 2. The molecule has 0 radical (unpaired) electrons. The van der Waals surface area contributed by atoms with Crippen LogP contribution in [0.2, 0.25) is 0 Å². The van der Waals surface area contributed by atoms with Gasteiger partial charge in [0, 0.05) is 10.5 Å². The molecule has 0 aliphatic carbocycles. The summed E-state index contributed by atoms with van der Waals surface area (Å²) >= 11 is 1.23. The number of anilines is 1. The van der Waals surface area contributed by atoms with Crippen LogP contribution in [0.15, 0.2) is 71.9 Å². The molecule has 0 unspecified atom stereocenters. The van der Waals surface area contributed by atoms with Crippen molar-refractivity contribution >= 4 is 29.3 Å². The Labute approximate surface area is 154 Å². The number of carbonyl (C=O) groups excluding carboxylic acids is 2. The maximum Gasteiger partial charge on any atom is 0.256 e. The van der Waals surface area contributed by atoms with Crippen molar-refractivity contribution in [1.29, 1.82) is 0 Å². The quantitative estimate of drug-likeness (QED) is 0.655. The number of hydrogen-bond acceptors (Lipinski definition) is 5. The molecule has 0 atom stereocenters. The van der Waals surface area contributed by atoms with E-state index in [0.717, 1.165) is 5.56 Å². The second-order valence-corrected chi connectivity index (χ2v) is 6.38. The van der Waals surface area contributed by atoms with Crippen LogP contribution in [-0.4, -0.2) is 27.5 Å². The molecule has 2 amide bonds. The van der Waals surface area contributed by atoms with E-state index >= 15 is 0 Å². The number of hydrogen-bond donors (Lipinski definition) is 2. The number of carbonyl (C=O) groups is 2. The van der Waals surface area contributed by atoms with Crippen molar-refractivity contribution in [3.63, 3.8) is 0 Å². The summed E-state index contributed by atoms with van der Waals surface area (Å²) in [7, 11) is 0. The van der Waals surface area contributed by atoms with E-state index in [0.29, 0.717) is 22.0 Å². The van der Waals surface area contributed by atoms with Gasteiger partial charge >= 0.3 is 0 Å². The Balaban J connectivity index is 1.73. The third-order valence-electron chi connectivity index (χ3n) is 3.44. The molecule has 2 aromatic carbocycles. The minimum absolute atomic E-state index is 0.110. The predicted octanol–water partition coefficient (Wildman–Crippen LogP) is 2.97. The molecule has 0 saturated heterocycles. The Kier molecular flexibility index (Phi) is 5.60. The monoisotopic (exact) mass is 364 g/mol. The molecule has 0 fully saturated rings. The van der Waals surface area contributed by atoms with E-state index < -0.39 is 5.91 Å². The van der Waals surface area contributed by atoms with Crippen LogP contribution in [-0.2, 0) is 4.79 Å². The summed E-state index contributed by atoms with van der Waals surface area (Å²) in [6.07, 6.45) is 3.12. The summed E-state index contributed by atoms with van der Waals surface area (Å²) in [5.74, 6) is -0.0381. The highest BCUT2D eigenvalue weighted by molar-refractivity contribution is 8.00. The third-order valence-corrected chi connectivity index (χ3v) is 4.54. The van der Waals surface area contributed by atoms with Gasteiger partial charge in [0.1, 0.15) is 0 Å². The summed E-state index contributed by atoms with van der Waals surface area (Å²) in [5, 5.41) is 2.77. The van der Waals surface area contributed by atoms with E-state index in [1.54, 1.807) is 36.7 Å². The zero-order chi connectivity index (χ0) is 18.4. The molecule has 3 rings (SSSR count). The van der Waals surface area contributed by atoms with Crippen molar-refractivity contribution in [2.45, 2.75) is 4.90 Å². The molecule has 0 aliphatic heterocycles. The molecule has 26 heavy (non-hydrogen) atoms. The van der Waals surface area contributed by atoms with Crippen molar-refractivity contribution in [2.75, 3.05) is 11.1 Å². The van der Waals surface area contributed by atoms with E-state index in [1.165, 1.54) is 11.8 Å². The number of nitrogens with zero attached hydrogens (tertiary/aromatic N) is 2. The molecule has 1 aromatic heterocycles. The van der Waals surface area contributed by atoms with Gasteiger partial charge in [-0.05, 0) is 12.1 Å². The van der Waals surface area contributed by atoms with Gasteiger partial charge in [0.15, 0.2) is 5.82 Å². The van der Waals surface area contributed by atoms with Gasteiger partial charge in [0.2, 0.25) is 5.91 Å². The largest absolute Gasteiger partial charge is 0.369 e. The molecule has 0 aliphatic rings. The van der Waals surface area contributed by atoms with Crippen LogP contribution in [0.25, 0.3) is 11.4 Å². The van der Waals surface area contributed by atoms with Gasteiger partial charge in [-0.3, -0.25) is 9.59 Å². The lowest BCUT2D eigenvalue weighted by molar-refractivity contribution is -0.115. The fourth-order valence-corrected chi connectivity index (χ4v) is 3.05. The molecular formula is C19H16N4O2S. The van der Waals surface area contributed by atoms with Crippen LogP contribution in [0.3, 0.4) is 0 Å². The maximum absolute atomic E-state index is 12.5. The Morgan fingerprint density at radius 1 is 0.962 bits per heavy atom. The molecule has 1 heterocycles. The molecule has 6 nitrogen and oxygen atoms in total. The minimum atomic E-state index is -0.435. The summed E-state index contributed by atoms with van der Waals surface area (Å²) < 4.78 is 0. The number of nitrogens with one attached hydrogen (secondary N) is 1. The Morgan fingerprint density at radius 2 is 1.62 bits per heavy atom. The van der Waals surface area contributed by atoms with E-state index in [4.69, 9.17) is 5.73 Å². The Bertz CT molecular complexity index is 914. The summed E-state index contributed by atoms with van der Waals surface area (Å²) in [5.41, 5.74) is 7.03. The van der Waals surface area contributed by atoms with Gasteiger partial charge in [-0.25, -0.2) is 9.97 Å². The van der Waals surface area contributed by atoms with Gasteiger partial charge < -0.3 is 11.1 Å². The molecule has 7 heteroatoms. The number of rotatable bonds is 6. The van der Waals surface area contributed by atoms with E-state index in [9.17, 15) is 9.59 Å². The van der Waals surface area contributed by atoms with Crippen molar-refractivity contribution in [2.24, 2.45) is 5.73 Å². The molecule has 0 spiro atoms. The highest BCUT2D eigenvalue weighted by Crippen LogP contribution is 2.23. The molecular weight excluding hydrogens is 348 g/mol. The summed E-state index contributed by atoms with van der Waals surface area (Å²) in [6, 6.07) is 16.6. The SMILES string of the molecule is NC(=O)CSc1ccccc1C(=O)Nc1cnc(-c2ccccc2)nc1. The lowest BCUT2D eigenvalue weighted by atomic mass is 10.2. The van der Waals surface area contributed by atoms with Crippen LogP contribution >= 0.6 is 11.8 Å². The second-order valence-electron chi connectivity index (χ2n) is 5.37. The van der Waals surface area contributed by atoms with Gasteiger partial charge in [-0.15, -0.1) is 11.8 Å². The topological polar surface area (TPSA) is 98.0 Å². The number of benzene rings is 2. The fourth-order valence-electron chi connectivity index (χ4n) is 2.26. The first-order valence-electron chi connectivity index (χ1n) is 7.82. The lowest BCUT2D eigenvalue weighted by Gasteiger charge is -2.09. The van der Waals surface area contributed by atoms with Gasteiger partial charge in [0.25, 0.3) is 5.91 Å². The van der Waals surface area contributed by atoms with Gasteiger partial charge in [-0.1, -0.05) is 42.5 Å². The van der Waals surface area contributed by atoms with E-state index in [-0.39, 0.29) is 11.7 Å². The zero-order valence-corrected chi connectivity index (χ0v) is 14.6. The van der Waals surface area contributed by atoms with Crippen molar-refractivity contribution in [3.05, 3.63) is 72.6 Å². The second kappa shape index (κ2) is 8.26. The molecule has 3 N–H and O–H groups in total. The van der Waals surface area contributed by atoms with Crippen molar-refractivity contribution in [3.8, 4) is 11.4 Å². The normalized spacial score (nSPS) is 10.3. The molecule has 0 saturated carbocycles. The number of thioether (sulfide) groups is 1. The van der Waals surface area contributed by atoms with Gasteiger partial charge in [-0.2, -0.15) is 0 Å². The number of nitrogens with two attached hydrogens (primary N) is 1. The molecule has 0 bridgehead atoms. The Morgan fingerprint density at radius 3 is 2.31 bits per heavy atom.